The molecule has 3 N–H and O–H groups in total. The van der Waals surface area contributed by atoms with Crippen LogP contribution in [0.2, 0.25) is 0 Å². The van der Waals surface area contributed by atoms with Crippen LogP contribution in [-0.4, -0.2) is 39.1 Å². The van der Waals surface area contributed by atoms with Gasteiger partial charge in [-0.1, -0.05) is 18.2 Å². The molecule has 0 saturated heterocycles. The lowest BCUT2D eigenvalue weighted by Gasteiger charge is -2.26. The Hall–Kier alpha value is -2.76. The average Bonchev–Trinajstić information content (AvgIpc) is 3.23. The Morgan fingerprint density at radius 2 is 2.20 bits per heavy atom. The number of fused-ring (bicyclic) bond motifs is 2. The van der Waals surface area contributed by atoms with Gasteiger partial charge >= 0.3 is 0 Å². The molecule has 1 saturated carbocycles. The van der Waals surface area contributed by atoms with Crippen molar-refractivity contribution >= 4 is 22.6 Å². The fourth-order valence-corrected chi connectivity index (χ4v) is 3.54. The maximum absolute atomic E-state index is 12.9. The highest BCUT2D eigenvalue weighted by Crippen LogP contribution is 2.30. The third-order valence-electron chi connectivity index (χ3n) is 5.24. The van der Waals surface area contributed by atoms with E-state index in [1.54, 1.807) is 0 Å². The molecule has 0 spiro atoms. The van der Waals surface area contributed by atoms with E-state index in [1.807, 2.05) is 35.2 Å². The van der Waals surface area contributed by atoms with Crippen molar-refractivity contribution in [3.63, 3.8) is 0 Å². The standard InChI is InChI=1S/C19H21N5O/c25-19(17-9-13-3-1-2-4-15(13)21-17)24-8-7-16-14(11-24)18(23-22-16)20-10-12-5-6-12/h1-4,9,12,21H,5-8,10-11H2,(H2,20,22,23). The van der Waals surface area contributed by atoms with Gasteiger partial charge in [0.2, 0.25) is 0 Å². The van der Waals surface area contributed by atoms with Crippen LogP contribution in [0.25, 0.3) is 10.9 Å². The van der Waals surface area contributed by atoms with E-state index in [-0.39, 0.29) is 5.91 Å². The van der Waals surface area contributed by atoms with E-state index in [1.165, 1.54) is 12.8 Å². The summed E-state index contributed by atoms with van der Waals surface area (Å²) in [4.78, 5) is 18.1. The van der Waals surface area contributed by atoms with Crippen LogP contribution in [0.4, 0.5) is 5.82 Å². The molecule has 0 radical (unpaired) electrons. The smallest absolute Gasteiger partial charge is 0.270 e. The fraction of sp³-hybridized carbons (Fsp3) is 0.368. The van der Waals surface area contributed by atoms with Gasteiger partial charge in [-0.15, -0.1) is 0 Å². The van der Waals surface area contributed by atoms with Gasteiger partial charge in [0.1, 0.15) is 5.69 Å². The van der Waals surface area contributed by atoms with E-state index in [0.29, 0.717) is 18.8 Å². The molecule has 5 rings (SSSR count). The van der Waals surface area contributed by atoms with Crippen LogP contribution in [0, 0.1) is 5.92 Å². The third-order valence-corrected chi connectivity index (χ3v) is 5.24. The molecule has 0 unspecified atom stereocenters. The van der Waals surface area contributed by atoms with E-state index < -0.39 is 0 Å². The molecule has 128 valence electrons. The molecule has 6 nitrogen and oxygen atoms in total. The van der Waals surface area contributed by atoms with Gasteiger partial charge in [0, 0.05) is 41.7 Å². The number of carbonyl (C=O) groups is 1. The van der Waals surface area contributed by atoms with E-state index in [4.69, 9.17) is 0 Å². The minimum Gasteiger partial charge on any atom is -0.368 e. The number of nitrogens with one attached hydrogen (secondary N) is 3. The first-order chi connectivity index (χ1) is 12.3. The van der Waals surface area contributed by atoms with Gasteiger partial charge in [-0.05, 0) is 30.9 Å². The lowest BCUT2D eigenvalue weighted by Crippen LogP contribution is -2.36. The first kappa shape index (κ1) is 14.6. The molecule has 25 heavy (non-hydrogen) atoms. The predicted octanol–water partition coefficient (Wildman–Crippen LogP) is 2.91. The van der Waals surface area contributed by atoms with Crippen LogP contribution in [0.15, 0.2) is 30.3 Å². The summed E-state index contributed by atoms with van der Waals surface area (Å²) in [6, 6.07) is 9.92. The number of hydrogen-bond acceptors (Lipinski definition) is 3. The molecule has 6 heteroatoms. The van der Waals surface area contributed by atoms with Gasteiger partial charge < -0.3 is 15.2 Å². The Labute approximate surface area is 145 Å². The predicted molar refractivity (Wildman–Crippen MR) is 96.5 cm³/mol. The van der Waals surface area contributed by atoms with Gasteiger partial charge in [0.05, 0.1) is 6.54 Å². The third kappa shape index (κ3) is 2.67. The van der Waals surface area contributed by atoms with Crippen molar-refractivity contribution in [3.8, 4) is 0 Å². The zero-order valence-electron chi connectivity index (χ0n) is 14.0. The average molecular weight is 335 g/mol. The van der Waals surface area contributed by atoms with Gasteiger partial charge in [0.25, 0.3) is 5.91 Å². The number of aromatic amines is 2. The first-order valence-corrected chi connectivity index (χ1v) is 8.95. The Morgan fingerprint density at radius 1 is 1.32 bits per heavy atom. The molecule has 0 atom stereocenters. The summed E-state index contributed by atoms with van der Waals surface area (Å²) in [5.41, 5.74) is 3.94. The summed E-state index contributed by atoms with van der Waals surface area (Å²) in [6.07, 6.45) is 3.44. The Morgan fingerprint density at radius 3 is 3.04 bits per heavy atom. The molecule has 3 heterocycles. The number of amides is 1. The number of rotatable bonds is 4. The zero-order valence-corrected chi connectivity index (χ0v) is 14.0. The second kappa shape index (κ2) is 5.65. The summed E-state index contributed by atoms with van der Waals surface area (Å²) >= 11 is 0. The largest absolute Gasteiger partial charge is 0.368 e. The Balaban J connectivity index is 1.36. The van der Waals surface area contributed by atoms with Crippen LogP contribution in [0.1, 0.15) is 34.6 Å². The summed E-state index contributed by atoms with van der Waals surface area (Å²) in [7, 11) is 0. The molecule has 1 aliphatic carbocycles. The van der Waals surface area contributed by atoms with Crippen molar-refractivity contribution in [3.05, 3.63) is 47.3 Å². The topological polar surface area (TPSA) is 76.8 Å². The molecule has 1 aromatic carbocycles. The maximum atomic E-state index is 12.9. The van der Waals surface area contributed by atoms with Crippen LogP contribution >= 0.6 is 0 Å². The number of para-hydroxylation sites is 1. The van der Waals surface area contributed by atoms with Crippen molar-refractivity contribution in [1.29, 1.82) is 0 Å². The van der Waals surface area contributed by atoms with E-state index >= 15 is 0 Å². The molecular weight excluding hydrogens is 314 g/mol. The van der Waals surface area contributed by atoms with Crippen LogP contribution in [0.3, 0.4) is 0 Å². The monoisotopic (exact) mass is 335 g/mol. The maximum Gasteiger partial charge on any atom is 0.270 e. The number of benzene rings is 1. The van der Waals surface area contributed by atoms with Crippen LogP contribution in [-0.2, 0) is 13.0 Å². The number of hydrogen-bond donors (Lipinski definition) is 3. The highest BCUT2D eigenvalue weighted by atomic mass is 16.2. The molecule has 1 aliphatic heterocycles. The fourth-order valence-electron chi connectivity index (χ4n) is 3.54. The SMILES string of the molecule is O=C(c1cc2ccccc2[nH]1)N1CCc2[nH]nc(NCC3CC3)c2C1. The lowest BCUT2D eigenvalue weighted by atomic mass is 10.1. The summed E-state index contributed by atoms with van der Waals surface area (Å²) in [5, 5.41) is 12.1. The van der Waals surface area contributed by atoms with Crippen molar-refractivity contribution in [1.82, 2.24) is 20.1 Å². The normalized spacial score (nSPS) is 16.9. The highest BCUT2D eigenvalue weighted by molar-refractivity contribution is 5.98. The molecule has 3 aromatic rings. The molecule has 0 bridgehead atoms. The van der Waals surface area contributed by atoms with E-state index in [9.17, 15) is 4.79 Å². The minimum atomic E-state index is 0.0520. The van der Waals surface area contributed by atoms with Crippen molar-refractivity contribution in [2.24, 2.45) is 5.92 Å². The van der Waals surface area contributed by atoms with Crippen LogP contribution < -0.4 is 5.32 Å². The van der Waals surface area contributed by atoms with Gasteiger partial charge in [-0.2, -0.15) is 5.10 Å². The number of nitrogens with zero attached hydrogens (tertiary/aromatic N) is 2. The Kier molecular flexibility index (Phi) is 3.29. The molecule has 2 aromatic heterocycles. The number of anilines is 1. The van der Waals surface area contributed by atoms with Crippen molar-refractivity contribution < 1.29 is 4.79 Å². The first-order valence-electron chi connectivity index (χ1n) is 8.95. The molecule has 1 fully saturated rings. The quantitative estimate of drug-likeness (QED) is 0.686. The summed E-state index contributed by atoms with van der Waals surface area (Å²) in [5.74, 6) is 1.76. The second-order valence-electron chi connectivity index (χ2n) is 7.10. The van der Waals surface area contributed by atoms with Gasteiger partial charge in [-0.3, -0.25) is 9.89 Å². The lowest BCUT2D eigenvalue weighted by molar-refractivity contribution is 0.0729. The van der Waals surface area contributed by atoms with Crippen molar-refractivity contribution in [2.75, 3.05) is 18.4 Å². The summed E-state index contributed by atoms with van der Waals surface area (Å²) in [6.45, 7) is 2.30. The highest BCUT2D eigenvalue weighted by Gasteiger charge is 2.28. The number of H-pyrrole nitrogens is 2. The minimum absolute atomic E-state index is 0.0520. The zero-order chi connectivity index (χ0) is 16.8. The molecule has 2 aliphatic rings. The van der Waals surface area contributed by atoms with Gasteiger partial charge in [-0.25, -0.2) is 0 Å². The number of aromatic nitrogens is 3. The number of carbonyl (C=O) groups excluding carboxylic acids is 1. The van der Waals surface area contributed by atoms with E-state index in [0.717, 1.165) is 46.9 Å². The summed E-state index contributed by atoms with van der Waals surface area (Å²) < 4.78 is 0. The van der Waals surface area contributed by atoms with E-state index in [2.05, 4.69) is 20.5 Å². The second-order valence-corrected chi connectivity index (χ2v) is 7.10. The van der Waals surface area contributed by atoms with Crippen molar-refractivity contribution in [2.45, 2.75) is 25.8 Å². The molecule has 1 amide bonds. The molecular formula is C19H21N5O. The van der Waals surface area contributed by atoms with Crippen LogP contribution in [0.5, 0.6) is 0 Å². The van der Waals surface area contributed by atoms with Gasteiger partial charge in [0.15, 0.2) is 5.82 Å². The Bertz CT molecular complexity index is 903.